The Morgan fingerprint density at radius 3 is 2.24 bits per heavy atom. The number of hydrogen-bond donors (Lipinski definition) is 2. The summed E-state index contributed by atoms with van der Waals surface area (Å²) in [5.41, 5.74) is 3.18. The lowest BCUT2D eigenvalue weighted by atomic mass is 10.0. The van der Waals surface area contributed by atoms with E-state index in [0.29, 0.717) is 23.6 Å². The number of nitrogens with zero attached hydrogens (tertiary/aromatic N) is 2. The van der Waals surface area contributed by atoms with E-state index in [1.54, 1.807) is 35.1 Å². The first-order valence-corrected chi connectivity index (χ1v) is 10.9. The van der Waals surface area contributed by atoms with Crippen LogP contribution in [0.15, 0.2) is 97.3 Å². The molecule has 3 aromatic carbocycles. The third-order valence-corrected chi connectivity index (χ3v) is 5.39. The number of halogens is 1. The van der Waals surface area contributed by atoms with Gasteiger partial charge in [0.25, 0.3) is 5.91 Å². The fraction of sp³-hybridized carbons (Fsp3) is 0.115. The number of amides is 2. The van der Waals surface area contributed by atoms with E-state index in [2.05, 4.69) is 15.7 Å². The minimum atomic E-state index is -0.736. The van der Waals surface area contributed by atoms with E-state index >= 15 is 0 Å². The smallest absolute Gasteiger partial charge is 0.251 e. The molecule has 33 heavy (non-hydrogen) atoms. The number of carbonyl (C=O) groups excluding carboxylic acids is 2. The summed E-state index contributed by atoms with van der Waals surface area (Å²) in [5, 5.41) is 10.7. The van der Waals surface area contributed by atoms with Crippen LogP contribution in [0.2, 0.25) is 5.02 Å². The molecule has 0 aliphatic carbocycles. The van der Waals surface area contributed by atoms with Crippen LogP contribution in [0.5, 0.6) is 0 Å². The molecule has 1 atom stereocenters. The van der Waals surface area contributed by atoms with Crippen molar-refractivity contribution < 1.29 is 9.59 Å². The van der Waals surface area contributed by atoms with Gasteiger partial charge in [-0.25, -0.2) is 4.68 Å². The average molecular weight is 459 g/mol. The van der Waals surface area contributed by atoms with Gasteiger partial charge in [-0.05, 0) is 42.0 Å². The van der Waals surface area contributed by atoms with Crippen molar-refractivity contribution in [1.82, 2.24) is 20.4 Å². The minimum Gasteiger partial charge on any atom is -0.350 e. The predicted molar refractivity (Wildman–Crippen MR) is 128 cm³/mol. The predicted octanol–water partition coefficient (Wildman–Crippen LogP) is 4.18. The monoisotopic (exact) mass is 458 g/mol. The summed E-state index contributed by atoms with van der Waals surface area (Å²) >= 11 is 5.92. The van der Waals surface area contributed by atoms with Crippen LogP contribution in [-0.4, -0.2) is 27.6 Å². The maximum absolute atomic E-state index is 13.0. The van der Waals surface area contributed by atoms with Gasteiger partial charge in [-0.15, -0.1) is 0 Å². The first-order valence-electron chi connectivity index (χ1n) is 10.6. The van der Waals surface area contributed by atoms with Gasteiger partial charge in [-0.1, -0.05) is 60.1 Å². The van der Waals surface area contributed by atoms with E-state index in [1.807, 2.05) is 66.9 Å². The molecule has 4 aromatic rings. The van der Waals surface area contributed by atoms with Gasteiger partial charge in [0.1, 0.15) is 6.04 Å². The normalized spacial score (nSPS) is 11.5. The summed E-state index contributed by atoms with van der Waals surface area (Å²) in [6.07, 6.45) is 3.95. The van der Waals surface area contributed by atoms with Gasteiger partial charge >= 0.3 is 0 Å². The molecule has 0 saturated heterocycles. The molecule has 2 N–H and O–H groups in total. The maximum atomic E-state index is 13.0. The van der Waals surface area contributed by atoms with Crippen LogP contribution in [0.3, 0.4) is 0 Å². The van der Waals surface area contributed by atoms with E-state index in [1.165, 1.54) is 0 Å². The Kier molecular flexibility index (Phi) is 7.17. The summed E-state index contributed by atoms with van der Waals surface area (Å²) in [6, 6.07) is 25.1. The summed E-state index contributed by atoms with van der Waals surface area (Å²) in [7, 11) is 0. The largest absolute Gasteiger partial charge is 0.350 e. The van der Waals surface area contributed by atoms with E-state index in [0.717, 1.165) is 16.8 Å². The molecule has 0 bridgehead atoms. The molecule has 0 aliphatic heterocycles. The highest BCUT2D eigenvalue weighted by atomic mass is 35.5. The first-order chi connectivity index (χ1) is 16.1. The number of nitrogens with one attached hydrogen (secondary N) is 2. The quantitative estimate of drug-likeness (QED) is 0.416. The SMILES string of the molecule is O=C(NC(Cc1ccccc1)C(=O)NCc1cnn(-c2ccccc2)c1)c1ccc(Cl)cc1. The average Bonchev–Trinajstić information content (AvgIpc) is 3.33. The topological polar surface area (TPSA) is 76.0 Å². The van der Waals surface area contributed by atoms with Gasteiger partial charge in [-0.2, -0.15) is 5.10 Å². The van der Waals surface area contributed by atoms with Crippen molar-refractivity contribution in [3.63, 3.8) is 0 Å². The Morgan fingerprint density at radius 1 is 0.879 bits per heavy atom. The van der Waals surface area contributed by atoms with Crippen LogP contribution in [0.1, 0.15) is 21.5 Å². The zero-order chi connectivity index (χ0) is 23.0. The maximum Gasteiger partial charge on any atom is 0.251 e. The standard InChI is InChI=1S/C26H23ClN4O2/c27-22-13-11-21(12-14-22)25(32)30-24(15-19-7-3-1-4-8-19)26(33)28-16-20-17-29-31(18-20)23-9-5-2-6-10-23/h1-14,17-18,24H,15-16H2,(H,28,33)(H,30,32). The molecule has 6 nitrogen and oxygen atoms in total. The fourth-order valence-corrected chi connectivity index (χ4v) is 3.51. The summed E-state index contributed by atoms with van der Waals surface area (Å²) in [4.78, 5) is 25.8. The van der Waals surface area contributed by atoms with Gasteiger partial charge < -0.3 is 10.6 Å². The van der Waals surface area contributed by atoms with Crippen LogP contribution in [-0.2, 0) is 17.8 Å². The number of para-hydroxylation sites is 1. The Bertz CT molecular complexity index is 1210. The third-order valence-electron chi connectivity index (χ3n) is 5.13. The van der Waals surface area contributed by atoms with Gasteiger partial charge in [0, 0.05) is 35.3 Å². The van der Waals surface area contributed by atoms with Crippen molar-refractivity contribution in [2.75, 3.05) is 0 Å². The molecule has 2 amide bonds. The molecular formula is C26H23ClN4O2. The highest BCUT2D eigenvalue weighted by Gasteiger charge is 2.22. The van der Waals surface area contributed by atoms with Crippen LogP contribution in [0, 0.1) is 0 Å². The molecule has 1 heterocycles. The molecule has 0 spiro atoms. The van der Waals surface area contributed by atoms with E-state index in [4.69, 9.17) is 11.6 Å². The van der Waals surface area contributed by atoms with Gasteiger partial charge in [-0.3, -0.25) is 9.59 Å². The highest BCUT2D eigenvalue weighted by Crippen LogP contribution is 2.11. The summed E-state index contributed by atoms with van der Waals surface area (Å²) in [5.74, 6) is -0.603. The molecule has 1 unspecified atom stereocenters. The molecule has 1 aromatic heterocycles. The lowest BCUT2D eigenvalue weighted by Crippen LogP contribution is -2.47. The number of hydrogen-bond acceptors (Lipinski definition) is 3. The van der Waals surface area contributed by atoms with Crippen molar-refractivity contribution in [3.8, 4) is 5.69 Å². The summed E-state index contributed by atoms with van der Waals surface area (Å²) < 4.78 is 1.76. The van der Waals surface area contributed by atoms with Crippen molar-refractivity contribution in [2.24, 2.45) is 0 Å². The second-order valence-corrected chi connectivity index (χ2v) is 8.01. The number of aromatic nitrogens is 2. The lowest BCUT2D eigenvalue weighted by Gasteiger charge is -2.18. The van der Waals surface area contributed by atoms with Crippen LogP contribution in [0.25, 0.3) is 5.69 Å². The molecule has 0 aliphatic rings. The second-order valence-electron chi connectivity index (χ2n) is 7.57. The van der Waals surface area contributed by atoms with Gasteiger partial charge in [0.2, 0.25) is 5.91 Å². The molecule has 4 rings (SSSR count). The van der Waals surface area contributed by atoms with Crippen LogP contribution >= 0.6 is 11.6 Å². The van der Waals surface area contributed by atoms with Crippen molar-refractivity contribution >= 4 is 23.4 Å². The van der Waals surface area contributed by atoms with Crippen molar-refractivity contribution in [2.45, 2.75) is 19.0 Å². The zero-order valence-electron chi connectivity index (χ0n) is 17.8. The molecular weight excluding hydrogens is 436 g/mol. The van der Waals surface area contributed by atoms with E-state index in [-0.39, 0.29) is 11.8 Å². The second kappa shape index (κ2) is 10.6. The van der Waals surface area contributed by atoms with Gasteiger partial charge in [0.05, 0.1) is 11.9 Å². The summed E-state index contributed by atoms with van der Waals surface area (Å²) in [6.45, 7) is 0.299. The first kappa shape index (κ1) is 22.3. The van der Waals surface area contributed by atoms with Crippen LogP contribution < -0.4 is 10.6 Å². The highest BCUT2D eigenvalue weighted by molar-refractivity contribution is 6.30. The Labute approximate surface area is 197 Å². The Morgan fingerprint density at radius 2 is 1.55 bits per heavy atom. The van der Waals surface area contributed by atoms with Crippen molar-refractivity contribution in [3.05, 3.63) is 119 Å². The Hall–Kier alpha value is -3.90. The number of benzene rings is 3. The molecule has 0 radical (unpaired) electrons. The van der Waals surface area contributed by atoms with E-state index < -0.39 is 6.04 Å². The molecule has 0 fully saturated rings. The third kappa shape index (κ3) is 6.08. The van der Waals surface area contributed by atoms with Gasteiger partial charge in [0.15, 0.2) is 0 Å². The van der Waals surface area contributed by atoms with Crippen molar-refractivity contribution in [1.29, 1.82) is 0 Å². The fourth-order valence-electron chi connectivity index (χ4n) is 3.39. The number of carbonyl (C=O) groups is 2. The number of rotatable bonds is 8. The molecule has 7 heteroatoms. The van der Waals surface area contributed by atoms with Crippen LogP contribution in [0.4, 0.5) is 0 Å². The molecule has 0 saturated carbocycles. The Balaban J connectivity index is 1.44. The lowest BCUT2D eigenvalue weighted by molar-refractivity contribution is -0.123. The minimum absolute atomic E-state index is 0.270. The van der Waals surface area contributed by atoms with E-state index in [9.17, 15) is 9.59 Å². The molecule has 166 valence electrons. The zero-order valence-corrected chi connectivity index (χ0v) is 18.6.